The molecule has 4 nitrogen and oxygen atoms in total. The summed E-state index contributed by atoms with van der Waals surface area (Å²) in [5.74, 6) is 0. The Bertz CT molecular complexity index is 742. The molecule has 0 aliphatic rings. The number of halogens is 5. The molecule has 0 unspecified atom stereocenters. The Labute approximate surface area is 115 Å². The molecule has 0 spiro atoms. The molecule has 0 aliphatic carbocycles. The third-order valence-electron chi connectivity index (χ3n) is 2.42. The highest BCUT2D eigenvalue weighted by Crippen LogP contribution is 3.03. The molecule has 2 aromatic rings. The van der Waals surface area contributed by atoms with Gasteiger partial charge in [0.15, 0.2) is 0 Å². The molecule has 1 aromatic carbocycles. The third-order valence-corrected chi connectivity index (χ3v) is 3.59. The summed E-state index contributed by atoms with van der Waals surface area (Å²) in [6.45, 7) is 0. The molecule has 0 radical (unpaired) electrons. The Hall–Kier alpha value is -2.32. The van der Waals surface area contributed by atoms with Crippen LogP contribution in [0.4, 0.5) is 25.1 Å². The lowest BCUT2D eigenvalue weighted by molar-refractivity contribution is 0.364. The number of benzene rings is 1. The average molecular weight is 323 g/mol. The summed E-state index contributed by atoms with van der Waals surface area (Å²) in [7, 11) is -9.96. The van der Waals surface area contributed by atoms with E-state index in [2.05, 4.69) is 15.0 Å². The van der Waals surface area contributed by atoms with E-state index in [-0.39, 0.29) is 17.3 Å². The molecule has 0 saturated heterocycles. The molecule has 0 fully saturated rings. The lowest BCUT2D eigenvalue weighted by Gasteiger charge is -2.41. The normalized spacial score (nSPS) is 14.7. The number of carbonyl (C=O) groups excluding carboxylic acids is 1. The van der Waals surface area contributed by atoms with Gasteiger partial charge in [0, 0.05) is 11.8 Å². The van der Waals surface area contributed by atoms with E-state index in [1.54, 1.807) is 0 Å². The SMILES string of the molecule is O=C=Nc1cc(-c2ccncn2)ccc1S(F)(F)(F)(F)F. The number of aliphatic imine (C=N–C) groups is 1. The van der Waals surface area contributed by atoms with Crippen molar-refractivity contribution < 1.29 is 24.2 Å². The summed E-state index contributed by atoms with van der Waals surface area (Å²) in [5.41, 5.74) is -0.932. The Morgan fingerprint density at radius 3 is 2.33 bits per heavy atom. The molecule has 0 N–H and O–H groups in total. The maximum absolute atomic E-state index is 12.9. The van der Waals surface area contributed by atoms with Crippen molar-refractivity contribution in [3.63, 3.8) is 0 Å². The first kappa shape index (κ1) is 15.1. The minimum absolute atomic E-state index is 0.0806. The summed E-state index contributed by atoms with van der Waals surface area (Å²) < 4.78 is 64.3. The van der Waals surface area contributed by atoms with Gasteiger partial charge in [-0.1, -0.05) is 25.5 Å². The van der Waals surface area contributed by atoms with Crippen molar-refractivity contribution in [2.45, 2.75) is 4.90 Å². The lowest BCUT2D eigenvalue weighted by atomic mass is 10.1. The number of rotatable bonds is 3. The van der Waals surface area contributed by atoms with E-state index in [9.17, 15) is 24.2 Å². The van der Waals surface area contributed by atoms with Crippen LogP contribution in [0.3, 0.4) is 0 Å². The summed E-state index contributed by atoms with van der Waals surface area (Å²) in [5, 5.41) is 0. The molecule has 0 atom stereocenters. The zero-order valence-electron chi connectivity index (χ0n) is 10.0. The summed E-state index contributed by atoms with van der Waals surface area (Å²) in [6.07, 6.45) is 3.30. The standard InChI is InChI=1S/C11H6F5N3OS/c12-21(13,14,15,16)11-2-1-8(5-10(11)19-7-20)9-3-4-17-6-18-9/h1-6H. The van der Waals surface area contributed by atoms with E-state index in [0.717, 1.165) is 18.5 Å². The van der Waals surface area contributed by atoms with Gasteiger partial charge in [0.05, 0.1) is 11.4 Å². The van der Waals surface area contributed by atoms with Crippen LogP contribution in [0.2, 0.25) is 0 Å². The quantitative estimate of drug-likeness (QED) is 0.464. The highest BCUT2D eigenvalue weighted by Gasteiger charge is 2.66. The Kier molecular flexibility index (Phi) is 2.94. The van der Waals surface area contributed by atoms with Gasteiger partial charge < -0.3 is 0 Å². The maximum Gasteiger partial charge on any atom is 0.312 e. The van der Waals surface area contributed by atoms with Crippen molar-refractivity contribution in [1.29, 1.82) is 0 Å². The molecule has 0 bridgehead atoms. The van der Waals surface area contributed by atoms with Crippen LogP contribution in [-0.2, 0) is 4.79 Å². The van der Waals surface area contributed by atoms with E-state index in [4.69, 9.17) is 0 Å². The highest BCUT2D eigenvalue weighted by atomic mass is 32.5. The van der Waals surface area contributed by atoms with Crippen molar-refractivity contribution in [2.24, 2.45) is 4.99 Å². The predicted molar refractivity (Wildman–Crippen MR) is 66.6 cm³/mol. The first-order valence-corrected chi connectivity index (χ1v) is 7.19. The smallest absolute Gasteiger partial charge is 0.245 e. The van der Waals surface area contributed by atoms with Gasteiger partial charge in [0.2, 0.25) is 6.08 Å². The predicted octanol–water partition coefficient (Wildman–Crippen LogP) is 4.77. The van der Waals surface area contributed by atoms with E-state index in [1.807, 2.05) is 0 Å². The molecule has 112 valence electrons. The molecular weight excluding hydrogens is 317 g/mol. The van der Waals surface area contributed by atoms with Crippen LogP contribution in [0.25, 0.3) is 11.3 Å². The molecule has 0 amide bonds. The second-order valence-corrected chi connectivity index (χ2v) is 6.33. The molecule has 10 heteroatoms. The van der Waals surface area contributed by atoms with Crippen LogP contribution in [0.5, 0.6) is 0 Å². The van der Waals surface area contributed by atoms with Crippen LogP contribution < -0.4 is 0 Å². The van der Waals surface area contributed by atoms with Gasteiger partial charge in [0.1, 0.15) is 11.2 Å². The summed E-state index contributed by atoms with van der Waals surface area (Å²) >= 11 is 0. The van der Waals surface area contributed by atoms with Gasteiger partial charge >= 0.3 is 10.2 Å². The fourth-order valence-corrected chi connectivity index (χ4v) is 2.43. The number of aromatic nitrogens is 2. The van der Waals surface area contributed by atoms with Gasteiger partial charge in [-0.05, 0) is 18.2 Å². The molecule has 1 aromatic heterocycles. The van der Waals surface area contributed by atoms with Crippen LogP contribution in [-0.4, -0.2) is 16.0 Å². The van der Waals surface area contributed by atoms with Gasteiger partial charge in [-0.2, -0.15) is 4.99 Å². The summed E-state index contributed by atoms with van der Waals surface area (Å²) in [6, 6.07) is 3.05. The van der Waals surface area contributed by atoms with Crippen molar-refractivity contribution in [3.05, 3.63) is 36.8 Å². The van der Waals surface area contributed by atoms with Crippen molar-refractivity contribution in [2.75, 3.05) is 0 Å². The fourth-order valence-electron chi connectivity index (χ4n) is 1.60. The van der Waals surface area contributed by atoms with Gasteiger partial charge in [-0.15, -0.1) is 0 Å². The second-order valence-electron chi connectivity index (χ2n) is 3.95. The monoisotopic (exact) mass is 323 g/mol. The Morgan fingerprint density at radius 2 is 1.81 bits per heavy atom. The first-order valence-electron chi connectivity index (χ1n) is 5.24. The van der Waals surface area contributed by atoms with E-state index in [0.29, 0.717) is 6.07 Å². The minimum Gasteiger partial charge on any atom is -0.245 e. The highest BCUT2D eigenvalue weighted by molar-refractivity contribution is 8.45. The summed E-state index contributed by atoms with van der Waals surface area (Å²) in [4.78, 5) is 18.1. The van der Waals surface area contributed by atoms with Crippen LogP contribution in [0.1, 0.15) is 0 Å². The molecule has 21 heavy (non-hydrogen) atoms. The molecule has 0 aliphatic heterocycles. The van der Waals surface area contributed by atoms with E-state index in [1.165, 1.54) is 12.3 Å². The van der Waals surface area contributed by atoms with E-state index < -0.39 is 20.8 Å². The van der Waals surface area contributed by atoms with Gasteiger partial charge in [0.25, 0.3) is 0 Å². The van der Waals surface area contributed by atoms with Crippen molar-refractivity contribution in [3.8, 4) is 11.3 Å². The largest absolute Gasteiger partial charge is 0.312 e. The average Bonchev–Trinajstić information content (AvgIpc) is 2.37. The topological polar surface area (TPSA) is 55.2 Å². The van der Waals surface area contributed by atoms with Crippen LogP contribution in [0, 0.1) is 0 Å². The number of hydrogen-bond donors (Lipinski definition) is 0. The molecule has 2 rings (SSSR count). The number of hydrogen-bond acceptors (Lipinski definition) is 4. The Morgan fingerprint density at radius 1 is 1.10 bits per heavy atom. The third kappa shape index (κ3) is 3.41. The second kappa shape index (κ2) is 4.09. The number of nitrogens with zero attached hydrogens (tertiary/aromatic N) is 3. The zero-order valence-corrected chi connectivity index (χ0v) is 10.8. The Balaban J connectivity index is 2.71. The van der Waals surface area contributed by atoms with Crippen LogP contribution in [0.15, 0.2) is 46.7 Å². The van der Waals surface area contributed by atoms with E-state index >= 15 is 0 Å². The zero-order chi connectivity index (χ0) is 15.8. The maximum atomic E-state index is 12.9. The van der Waals surface area contributed by atoms with Gasteiger partial charge in [-0.3, -0.25) is 0 Å². The van der Waals surface area contributed by atoms with Gasteiger partial charge in [-0.25, -0.2) is 14.8 Å². The molecular formula is C11H6F5N3OS. The minimum atomic E-state index is -9.96. The van der Waals surface area contributed by atoms with Crippen LogP contribution >= 0.6 is 10.2 Å². The van der Waals surface area contributed by atoms with Crippen molar-refractivity contribution in [1.82, 2.24) is 9.97 Å². The fraction of sp³-hybridized carbons (Fsp3) is 0. The first-order chi connectivity index (χ1) is 9.51. The molecule has 0 saturated carbocycles. The lowest BCUT2D eigenvalue weighted by Crippen LogP contribution is -2.06. The number of isocyanates is 1. The van der Waals surface area contributed by atoms with Crippen molar-refractivity contribution >= 4 is 22.0 Å². The molecule has 1 heterocycles.